The van der Waals surface area contributed by atoms with Crippen LogP contribution >= 0.6 is 0 Å². The molecular formula is C13H23N5O. The molecule has 0 spiro atoms. The number of carbonyl (C=O) groups excluding carboxylic acids is 1. The smallest absolute Gasteiger partial charge is 0.223 e. The van der Waals surface area contributed by atoms with Crippen LogP contribution in [0.3, 0.4) is 0 Å². The van der Waals surface area contributed by atoms with Crippen LogP contribution in [0.4, 0.5) is 0 Å². The Balaban J connectivity index is 1.90. The van der Waals surface area contributed by atoms with E-state index in [-0.39, 0.29) is 11.8 Å². The zero-order valence-electron chi connectivity index (χ0n) is 11.7. The van der Waals surface area contributed by atoms with Gasteiger partial charge in [0.25, 0.3) is 0 Å². The molecule has 0 saturated carbocycles. The van der Waals surface area contributed by atoms with Crippen LogP contribution in [0.2, 0.25) is 0 Å². The van der Waals surface area contributed by atoms with Gasteiger partial charge in [0.15, 0.2) is 5.82 Å². The highest BCUT2D eigenvalue weighted by atomic mass is 16.2. The van der Waals surface area contributed by atoms with E-state index in [9.17, 15) is 4.79 Å². The van der Waals surface area contributed by atoms with Gasteiger partial charge in [-0.25, -0.2) is 0 Å². The van der Waals surface area contributed by atoms with Gasteiger partial charge in [0.1, 0.15) is 6.33 Å². The fraction of sp³-hybridized carbons (Fsp3) is 0.769. The topological polar surface area (TPSA) is 77.0 Å². The molecule has 0 fully saturated rings. The Morgan fingerprint density at radius 1 is 1.47 bits per heavy atom. The van der Waals surface area contributed by atoms with E-state index in [0.717, 1.165) is 25.3 Å². The minimum Gasteiger partial charge on any atom is -0.333 e. The average Bonchev–Trinajstić information content (AvgIpc) is 2.84. The summed E-state index contributed by atoms with van der Waals surface area (Å²) in [5.74, 6) is 1.91. The summed E-state index contributed by atoms with van der Waals surface area (Å²) in [4.78, 5) is 14.2. The number of fused-ring (bicyclic) bond motifs is 1. The van der Waals surface area contributed by atoms with Crippen molar-refractivity contribution in [2.75, 3.05) is 13.1 Å². The second kappa shape index (κ2) is 6.14. The molecule has 0 radical (unpaired) electrons. The molecule has 2 heterocycles. The van der Waals surface area contributed by atoms with Gasteiger partial charge in [-0.2, -0.15) is 0 Å². The molecule has 0 aliphatic carbocycles. The van der Waals surface area contributed by atoms with E-state index in [1.54, 1.807) is 6.33 Å². The van der Waals surface area contributed by atoms with Crippen molar-refractivity contribution >= 4 is 5.91 Å². The minimum absolute atomic E-state index is 0.186. The molecule has 19 heavy (non-hydrogen) atoms. The van der Waals surface area contributed by atoms with Gasteiger partial charge in [-0.3, -0.25) is 4.79 Å². The summed E-state index contributed by atoms with van der Waals surface area (Å²) in [5.41, 5.74) is 5.76. The Labute approximate surface area is 114 Å². The first-order valence-corrected chi connectivity index (χ1v) is 6.94. The molecule has 1 atom stereocenters. The lowest BCUT2D eigenvalue weighted by Gasteiger charge is -2.28. The predicted octanol–water partition coefficient (Wildman–Crippen LogP) is 0.631. The number of hydrogen-bond donors (Lipinski definition) is 1. The molecule has 1 amide bonds. The fourth-order valence-electron chi connectivity index (χ4n) is 2.58. The van der Waals surface area contributed by atoms with Crippen LogP contribution in [0, 0.1) is 11.8 Å². The first-order chi connectivity index (χ1) is 9.10. The normalized spacial score (nSPS) is 16.5. The number of rotatable bonds is 5. The molecule has 2 rings (SSSR count). The number of amides is 1. The molecule has 1 aromatic heterocycles. The summed E-state index contributed by atoms with van der Waals surface area (Å²) in [7, 11) is 0. The highest BCUT2D eigenvalue weighted by molar-refractivity contribution is 5.76. The summed E-state index contributed by atoms with van der Waals surface area (Å²) >= 11 is 0. The van der Waals surface area contributed by atoms with Crippen LogP contribution in [0.15, 0.2) is 6.33 Å². The number of aromatic nitrogens is 3. The van der Waals surface area contributed by atoms with E-state index in [0.29, 0.717) is 25.4 Å². The van der Waals surface area contributed by atoms with Crippen LogP contribution in [0.1, 0.15) is 32.5 Å². The van der Waals surface area contributed by atoms with E-state index in [4.69, 9.17) is 5.73 Å². The monoisotopic (exact) mass is 265 g/mol. The third-order valence-corrected chi connectivity index (χ3v) is 3.59. The zero-order chi connectivity index (χ0) is 13.8. The standard InChI is InChI=1S/C13H23N5O/c1-10(2)5-11(7-14)6-13(19)17-3-4-18-9-15-16-12(18)8-17/h9-11H,3-8,14H2,1-2H3. The number of nitrogens with two attached hydrogens (primary N) is 1. The Hall–Kier alpha value is -1.43. The molecular weight excluding hydrogens is 242 g/mol. The predicted molar refractivity (Wildman–Crippen MR) is 72.1 cm³/mol. The van der Waals surface area contributed by atoms with Crippen molar-refractivity contribution in [1.82, 2.24) is 19.7 Å². The van der Waals surface area contributed by atoms with Crippen LogP contribution in [-0.2, 0) is 17.9 Å². The fourth-order valence-corrected chi connectivity index (χ4v) is 2.58. The second-order valence-electron chi connectivity index (χ2n) is 5.69. The molecule has 106 valence electrons. The highest BCUT2D eigenvalue weighted by Crippen LogP contribution is 2.17. The SMILES string of the molecule is CC(C)CC(CN)CC(=O)N1CCn2cnnc2C1. The number of hydrogen-bond acceptors (Lipinski definition) is 4. The van der Waals surface area contributed by atoms with Crippen molar-refractivity contribution in [3.05, 3.63) is 12.2 Å². The molecule has 0 aromatic carbocycles. The molecule has 1 aliphatic rings. The van der Waals surface area contributed by atoms with E-state index in [2.05, 4.69) is 24.0 Å². The molecule has 2 N–H and O–H groups in total. The van der Waals surface area contributed by atoms with Crippen LogP contribution in [0.5, 0.6) is 0 Å². The highest BCUT2D eigenvalue weighted by Gasteiger charge is 2.24. The maximum absolute atomic E-state index is 12.3. The van der Waals surface area contributed by atoms with Crippen molar-refractivity contribution in [2.45, 2.75) is 39.8 Å². The lowest BCUT2D eigenvalue weighted by atomic mass is 9.93. The van der Waals surface area contributed by atoms with Gasteiger partial charge in [-0.1, -0.05) is 13.8 Å². The van der Waals surface area contributed by atoms with Crippen molar-refractivity contribution in [3.63, 3.8) is 0 Å². The van der Waals surface area contributed by atoms with Gasteiger partial charge in [0.05, 0.1) is 6.54 Å². The van der Waals surface area contributed by atoms with Crippen molar-refractivity contribution in [1.29, 1.82) is 0 Å². The summed E-state index contributed by atoms with van der Waals surface area (Å²) in [5, 5.41) is 7.90. The minimum atomic E-state index is 0.186. The summed E-state index contributed by atoms with van der Waals surface area (Å²) < 4.78 is 2.00. The lowest BCUT2D eigenvalue weighted by Crippen LogP contribution is -2.39. The van der Waals surface area contributed by atoms with Crippen molar-refractivity contribution < 1.29 is 4.79 Å². The third-order valence-electron chi connectivity index (χ3n) is 3.59. The maximum atomic E-state index is 12.3. The average molecular weight is 265 g/mol. The Kier molecular flexibility index (Phi) is 4.52. The van der Waals surface area contributed by atoms with E-state index < -0.39 is 0 Å². The summed E-state index contributed by atoms with van der Waals surface area (Å²) in [6, 6.07) is 0. The first kappa shape index (κ1) is 14.0. The quantitative estimate of drug-likeness (QED) is 0.847. The Bertz CT molecular complexity index is 428. The van der Waals surface area contributed by atoms with Gasteiger partial charge < -0.3 is 15.2 Å². The summed E-state index contributed by atoms with van der Waals surface area (Å²) in [6.45, 7) is 6.99. The van der Waals surface area contributed by atoms with E-state index >= 15 is 0 Å². The van der Waals surface area contributed by atoms with Gasteiger partial charge >= 0.3 is 0 Å². The molecule has 6 nitrogen and oxygen atoms in total. The Morgan fingerprint density at radius 2 is 2.26 bits per heavy atom. The van der Waals surface area contributed by atoms with Gasteiger partial charge in [0.2, 0.25) is 5.91 Å². The molecule has 6 heteroatoms. The first-order valence-electron chi connectivity index (χ1n) is 6.94. The van der Waals surface area contributed by atoms with Gasteiger partial charge in [-0.05, 0) is 24.8 Å². The second-order valence-corrected chi connectivity index (χ2v) is 5.69. The van der Waals surface area contributed by atoms with Crippen LogP contribution in [-0.4, -0.2) is 38.7 Å². The molecule has 1 aliphatic heterocycles. The van der Waals surface area contributed by atoms with Crippen LogP contribution < -0.4 is 5.73 Å². The third kappa shape index (κ3) is 3.53. The number of carbonyl (C=O) groups is 1. The van der Waals surface area contributed by atoms with E-state index in [1.807, 2.05) is 9.47 Å². The van der Waals surface area contributed by atoms with Gasteiger partial charge in [0, 0.05) is 19.5 Å². The largest absolute Gasteiger partial charge is 0.333 e. The maximum Gasteiger partial charge on any atom is 0.223 e. The molecule has 1 unspecified atom stereocenters. The molecule has 0 saturated heterocycles. The molecule has 0 bridgehead atoms. The van der Waals surface area contributed by atoms with Gasteiger partial charge in [-0.15, -0.1) is 10.2 Å². The Morgan fingerprint density at radius 3 is 2.95 bits per heavy atom. The van der Waals surface area contributed by atoms with Crippen molar-refractivity contribution in [2.24, 2.45) is 17.6 Å². The molecule has 1 aromatic rings. The number of nitrogens with zero attached hydrogens (tertiary/aromatic N) is 4. The van der Waals surface area contributed by atoms with Crippen molar-refractivity contribution in [3.8, 4) is 0 Å². The van der Waals surface area contributed by atoms with Crippen LogP contribution in [0.25, 0.3) is 0 Å². The lowest BCUT2D eigenvalue weighted by molar-refractivity contribution is -0.133. The van der Waals surface area contributed by atoms with E-state index in [1.165, 1.54) is 0 Å². The summed E-state index contributed by atoms with van der Waals surface area (Å²) in [6.07, 6.45) is 3.27. The zero-order valence-corrected chi connectivity index (χ0v) is 11.7.